The quantitative estimate of drug-likeness (QED) is 0.747. The third kappa shape index (κ3) is 3.96. The SMILES string of the molecule is CCOC(=O)C1(NCC(C)C)CCOC(C)C1. The lowest BCUT2D eigenvalue weighted by Gasteiger charge is -2.39. The fourth-order valence-corrected chi connectivity index (χ4v) is 2.17. The van der Waals surface area contributed by atoms with Crippen LogP contribution in [-0.2, 0) is 14.3 Å². The van der Waals surface area contributed by atoms with Crippen LogP contribution in [0.1, 0.15) is 40.5 Å². The molecule has 4 heteroatoms. The molecule has 1 saturated heterocycles. The summed E-state index contributed by atoms with van der Waals surface area (Å²) in [4.78, 5) is 12.1. The van der Waals surface area contributed by atoms with E-state index >= 15 is 0 Å². The minimum atomic E-state index is -0.544. The number of hydrogen-bond acceptors (Lipinski definition) is 4. The highest BCUT2D eigenvalue weighted by Crippen LogP contribution is 2.26. The minimum absolute atomic E-state index is 0.104. The van der Waals surface area contributed by atoms with Crippen LogP contribution in [0.15, 0.2) is 0 Å². The average Bonchev–Trinajstić information content (AvgIpc) is 2.27. The Morgan fingerprint density at radius 1 is 1.59 bits per heavy atom. The highest BCUT2D eigenvalue weighted by Gasteiger charge is 2.43. The molecule has 1 N–H and O–H groups in total. The van der Waals surface area contributed by atoms with Gasteiger partial charge in [0.25, 0.3) is 0 Å². The van der Waals surface area contributed by atoms with E-state index < -0.39 is 5.54 Å². The van der Waals surface area contributed by atoms with Gasteiger partial charge >= 0.3 is 5.97 Å². The molecule has 17 heavy (non-hydrogen) atoms. The van der Waals surface area contributed by atoms with Crippen molar-refractivity contribution in [2.75, 3.05) is 19.8 Å². The summed E-state index contributed by atoms with van der Waals surface area (Å²) in [5, 5.41) is 3.40. The molecule has 0 aromatic carbocycles. The van der Waals surface area contributed by atoms with Crippen molar-refractivity contribution >= 4 is 5.97 Å². The molecule has 0 bridgehead atoms. The van der Waals surface area contributed by atoms with Crippen LogP contribution >= 0.6 is 0 Å². The van der Waals surface area contributed by atoms with Gasteiger partial charge in [0.1, 0.15) is 5.54 Å². The average molecular weight is 243 g/mol. The van der Waals surface area contributed by atoms with Gasteiger partial charge in [0.05, 0.1) is 12.7 Å². The molecule has 1 heterocycles. The number of hydrogen-bond donors (Lipinski definition) is 1. The maximum atomic E-state index is 12.1. The van der Waals surface area contributed by atoms with Crippen LogP contribution in [0.25, 0.3) is 0 Å². The van der Waals surface area contributed by atoms with Crippen molar-refractivity contribution in [2.24, 2.45) is 5.92 Å². The summed E-state index contributed by atoms with van der Waals surface area (Å²) >= 11 is 0. The Morgan fingerprint density at radius 2 is 2.29 bits per heavy atom. The molecule has 0 aromatic heterocycles. The number of nitrogens with one attached hydrogen (secondary N) is 1. The summed E-state index contributed by atoms with van der Waals surface area (Å²) in [5.41, 5.74) is -0.544. The van der Waals surface area contributed by atoms with Gasteiger partial charge in [0, 0.05) is 13.0 Å². The van der Waals surface area contributed by atoms with Gasteiger partial charge in [-0.3, -0.25) is 4.79 Å². The molecule has 0 saturated carbocycles. The van der Waals surface area contributed by atoms with Crippen molar-refractivity contribution in [3.63, 3.8) is 0 Å². The van der Waals surface area contributed by atoms with Crippen LogP contribution in [0.2, 0.25) is 0 Å². The lowest BCUT2D eigenvalue weighted by molar-refractivity contribution is -0.158. The van der Waals surface area contributed by atoms with E-state index in [1.54, 1.807) is 0 Å². The zero-order valence-corrected chi connectivity index (χ0v) is 11.4. The highest BCUT2D eigenvalue weighted by atomic mass is 16.5. The number of carbonyl (C=O) groups excluding carboxylic acids is 1. The zero-order valence-electron chi connectivity index (χ0n) is 11.4. The molecule has 4 nitrogen and oxygen atoms in total. The van der Waals surface area contributed by atoms with Gasteiger partial charge in [-0.2, -0.15) is 0 Å². The lowest BCUT2D eigenvalue weighted by atomic mass is 9.86. The predicted octanol–water partition coefficient (Wildman–Crippen LogP) is 1.73. The molecule has 0 aliphatic carbocycles. The van der Waals surface area contributed by atoms with Crippen molar-refractivity contribution in [3.8, 4) is 0 Å². The molecule has 1 fully saturated rings. The molecular weight excluding hydrogens is 218 g/mol. The van der Waals surface area contributed by atoms with Crippen LogP contribution in [0.5, 0.6) is 0 Å². The monoisotopic (exact) mass is 243 g/mol. The Hall–Kier alpha value is -0.610. The summed E-state index contributed by atoms with van der Waals surface area (Å²) in [6, 6.07) is 0. The highest BCUT2D eigenvalue weighted by molar-refractivity contribution is 5.81. The first-order valence-corrected chi connectivity index (χ1v) is 6.54. The van der Waals surface area contributed by atoms with Crippen LogP contribution in [0.3, 0.4) is 0 Å². The van der Waals surface area contributed by atoms with Gasteiger partial charge in [-0.15, -0.1) is 0 Å². The van der Waals surface area contributed by atoms with E-state index in [1.807, 2.05) is 13.8 Å². The maximum absolute atomic E-state index is 12.1. The maximum Gasteiger partial charge on any atom is 0.326 e. The van der Waals surface area contributed by atoms with Crippen molar-refractivity contribution in [1.82, 2.24) is 5.32 Å². The Bertz CT molecular complexity index is 255. The normalized spacial score (nSPS) is 29.4. The molecule has 2 unspecified atom stereocenters. The van der Waals surface area contributed by atoms with Gasteiger partial charge in [0.15, 0.2) is 0 Å². The largest absolute Gasteiger partial charge is 0.465 e. The fourth-order valence-electron chi connectivity index (χ4n) is 2.17. The zero-order chi connectivity index (χ0) is 12.9. The second-order valence-corrected chi connectivity index (χ2v) is 5.21. The van der Waals surface area contributed by atoms with E-state index in [4.69, 9.17) is 9.47 Å². The summed E-state index contributed by atoms with van der Waals surface area (Å²) in [6.45, 7) is 9.99. The summed E-state index contributed by atoms with van der Waals surface area (Å²) in [5.74, 6) is 0.384. The first-order valence-electron chi connectivity index (χ1n) is 6.54. The smallest absolute Gasteiger partial charge is 0.326 e. The summed E-state index contributed by atoms with van der Waals surface area (Å²) in [6.07, 6.45) is 1.49. The van der Waals surface area contributed by atoms with Crippen molar-refractivity contribution in [3.05, 3.63) is 0 Å². The first kappa shape index (κ1) is 14.5. The second-order valence-electron chi connectivity index (χ2n) is 5.21. The summed E-state index contributed by atoms with van der Waals surface area (Å²) in [7, 11) is 0. The lowest BCUT2D eigenvalue weighted by Crippen LogP contribution is -2.58. The molecule has 0 radical (unpaired) electrons. The third-order valence-corrected chi connectivity index (χ3v) is 3.08. The number of rotatable bonds is 5. The van der Waals surface area contributed by atoms with Gasteiger partial charge in [-0.05, 0) is 32.7 Å². The van der Waals surface area contributed by atoms with E-state index in [0.29, 0.717) is 32.0 Å². The molecule has 0 aromatic rings. The summed E-state index contributed by atoms with van der Waals surface area (Å²) < 4.78 is 10.7. The first-order chi connectivity index (χ1) is 8.00. The third-order valence-electron chi connectivity index (χ3n) is 3.08. The van der Waals surface area contributed by atoms with Gasteiger partial charge in [0.2, 0.25) is 0 Å². The Morgan fingerprint density at radius 3 is 2.82 bits per heavy atom. The van der Waals surface area contributed by atoms with E-state index in [-0.39, 0.29) is 12.1 Å². The Labute approximate surface area is 104 Å². The topological polar surface area (TPSA) is 47.6 Å². The molecule has 1 aliphatic rings. The van der Waals surface area contributed by atoms with Crippen molar-refractivity contribution < 1.29 is 14.3 Å². The number of ether oxygens (including phenoxy) is 2. The minimum Gasteiger partial charge on any atom is -0.465 e. The second kappa shape index (κ2) is 6.36. The Balaban J connectivity index is 2.71. The molecule has 1 aliphatic heterocycles. The predicted molar refractivity (Wildman–Crippen MR) is 66.9 cm³/mol. The van der Waals surface area contributed by atoms with Crippen molar-refractivity contribution in [2.45, 2.75) is 52.2 Å². The van der Waals surface area contributed by atoms with Crippen molar-refractivity contribution in [1.29, 1.82) is 0 Å². The van der Waals surface area contributed by atoms with E-state index in [1.165, 1.54) is 0 Å². The molecule has 0 spiro atoms. The van der Waals surface area contributed by atoms with Crippen LogP contribution in [0, 0.1) is 5.92 Å². The molecular formula is C13H25NO3. The Kier molecular flexibility index (Phi) is 5.40. The number of carbonyl (C=O) groups is 1. The van der Waals surface area contributed by atoms with Crippen LogP contribution < -0.4 is 5.32 Å². The van der Waals surface area contributed by atoms with Crippen LogP contribution in [0.4, 0.5) is 0 Å². The standard InChI is InChI=1S/C13H25NO3/c1-5-16-12(15)13(14-9-10(2)3)6-7-17-11(4)8-13/h10-11,14H,5-9H2,1-4H3. The number of esters is 1. The molecule has 1 rings (SSSR count). The molecule has 100 valence electrons. The van der Waals surface area contributed by atoms with Gasteiger partial charge in [-0.25, -0.2) is 0 Å². The fraction of sp³-hybridized carbons (Fsp3) is 0.923. The molecule has 2 atom stereocenters. The van der Waals surface area contributed by atoms with Crippen LogP contribution in [-0.4, -0.2) is 37.4 Å². The van der Waals surface area contributed by atoms with E-state index in [0.717, 1.165) is 6.54 Å². The van der Waals surface area contributed by atoms with Gasteiger partial charge < -0.3 is 14.8 Å². The van der Waals surface area contributed by atoms with Gasteiger partial charge in [-0.1, -0.05) is 13.8 Å². The molecule has 0 amide bonds. The van der Waals surface area contributed by atoms with E-state index in [2.05, 4.69) is 19.2 Å². The van der Waals surface area contributed by atoms with E-state index in [9.17, 15) is 4.79 Å².